The van der Waals surface area contributed by atoms with Gasteiger partial charge in [-0.3, -0.25) is 4.79 Å². The number of carbonyl (C=O) groups excluding carboxylic acids is 2. The molecule has 0 aliphatic rings. The smallest absolute Gasteiger partial charge is 0.339 e. The summed E-state index contributed by atoms with van der Waals surface area (Å²) in [5.74, 6) is -1.93. The number of amides is 1. The first-order chi connectivity index (χ1) is 14.6. The molecule has 0 spiro atoms. The zero-order valence-electron chi connectivity index (χ0n) is 16.8. The lowest BCUT2D eigenvalue weighted by atomic mass is 10.1. The average Bonchev–Trinajstić information content (AvgIpc) is 2.73. The van der Waals surface area contributed by atoms with Crippen LogP contribution in [0.3, 0.4) is 0 Å². The second kappa shape index (κ2) is 9.09. The van der Waals surface area contributed by atoms with E-state index in [-0.39, 0.29) is 10.5 Å². The summed E-state index contributed by atoms with van der Waals surface area (Å²) in [5.41, 5.74) is 1.30. The van der Waals surface area contributed by atoms with Gasteiger partial charge in [0.2, 0.25) is 6.10 Å². The molecule has 1 amide bonds. The normalized spacial score (nSPS) is 12.1. The van der Waals surface area contributed by atoms with Gasteiger partial charge in [-0.2, -0.15) is 0 Å². The van der Waals surface area contributed by atoms with Gasteiger partial charge in [-0.25, -0.2) is 17.6 Å². The number of esters is 1. The second-order valence-corrected chi connectivity index (χ2v) is 8.96. The van der Waals surface area contributed by atoms with Gasteiger partial charge >= 0.3 is 5.97 Å². The summed E-state index contributed by atoms with van der Waals surface area (Å²) in [5, 5.41) is 2.60. The third-order valence-corrected chi connectivity index (χ3v) is 5.64. The van der Waals surface area contributed by atoms with Crippen LogP contribution in [0.15, 0.2) is 77.7 Å². The fourth-order valence-corrected chi connectivity index (χ4v) is 3.51. The van der Waals surface area contributed by atoms with Crippen molar-refractivity contribution in [3.63, 3.8) is 0 Å². The molecule has 3 aromatic carbocycles. The van der Waals surface area contributed by atoms with E-state index in [0.717, 1.165) is 6.26 Å². The van der Waals surface area contributed by atoms with E-state index in [2.05, 4.69) is 5.32 Å². The maximum atomic E-state index is 13.1. The molecule has 0 aliphatic carbocycles. The van der Waals surface area contributed by atoms with Crippen LogP contribution in [-0.2, 0) is 19.4 Å². The van der Waals surface area contributed by atoms with Crippen LogP contribution in [0.1, 0.15) is 27.6 Å². The number of ether oxygens (including phenoxy) is 1. The summed E-state index contributed by atoms with van der Waals surface area (Å²) < 4.78 is 42.4. The molecule has 8 heteroatoms. The predicted molar refractivity (Wildman–Crippen MR) is 114 cm³/mol. The quantitative estimate of drug-likeness (QED) is 0.583. The predicted octanol–water partition coefficient (Wildman–Crippen LogP) is 4.07. The molecule has 160 valence electrons. The minimum Gasteiger partial charge on any atom is -0.444 e. The first-order valence-corrected chi connectivity index (χ1v) is 11.2. The number of hydrogen-bond donors (Lipinski definition) is 1. The molecule has 0 saturated carbocycles. The number of sulfone groups is 1. The van der Waals surface area contributed by atoms with Gasteiger partial charge < -0.3 is 10.1 Å². The van der Waals surface area contributed by atoms with E-state index in [1.54, 1.807) is 37.3 Å². The highest BCUT2D eigenvalue weighted by atomic mass is 32.2. The van der Waals surface area contributed by atoms with Gasteiger partial charge in [0.25, 0.3) is 5.91 Å². The van der Waals surface area contributed by atoms with Crippen molar-refractivity contribution in [1.29, 1.82) is 0 Å². The highest BCUT2D eigenvalue weighted by Gasteiger charge is 2.27. The Kier molecular flexibility index (Phi) is 6.50. The fourth-order valence-electron chi connectivity index (χ4n) is 2.86. The Hall–Kier alpha value is -3.52. The summed E-state index contributed by atoms with van der Waals surface area (Å²) >= 11 is 0. The molecule has 3 rings (SSSR count). The average molecular weight is 441 g/mol. The number of halogens is 1. The molecule has 1 atom stereocenters. The molecule has 0 aromatic heterocycles. The van der Waals surface area contributed by atoms with Gasteiger partial charge in [-0.15, -0.1) is 0 Å². The van der Waals surface area contributed by atoms with Gasteiger partial charge in [0.1, 0.15) is 5.82 Å². The fraction of sp³-hybridized carbons (Fsp3) is 0.130. The van der Waals surface area contributed by atoms with E-state index in [4.69, 9.17) is 4.74 Å². The molecule has 1 unspecified atom stereocenters. The molecule has 0 fully saturated rings. The standard InChI is InChI=1S/C23H20FNO5S/c1-15-8-13-19(31(2,28)29)14-20(15)23(27)30-21(16-6-4-3-5-7-16)22(26)25-18-11-9-17(24)10-12-18/h3-14,21H,1-2H3,(H,25,26). The van der Waals surface area contributed by atoms with E-state index in [1.807, 2.05) is 0 Å². The Balaban J connectivity index is 1.91. The van der Waals surface area contributed by atoms with Crippen LogP contribution < -0.4 is 5.32 Å². The van der Waals surface area contributed by atoms with Crippen LogP contribution >= 0.6 is 0 Å². The van der Waals surface area contributed by atoms with Crippen molar-refractivity contribution in [3.8, 4) is 0 Å². The molecule has 0 aliphatic heterocycles. The number of hydrogen-bond acceptors (Lipinski definition) is 5. The Morgan fingerprint density at radius 1 is 0.968 bits per heavy atom. The van der Waals surface area contributed by atoms with Gasteiger partial charge in [0.05, 0.1) is 10.5 Å². The summed E-state index contributed by atoms with van der Waals surface area (Å²) in [6, 6.07) is 17.7. The van der Waals surface area contributed by atoms with Gasteiger partial charge in [0.15, 0.2) is 9.84 Å². The number of anilines is 1. The number of rotatable bonds is 6. The SMILES string of the molecule is Cc1ccc(S(C)(=O)=O)cc1C(=O)OC(C(=O)Nc1ccc(F)cc1)c1ccccc1. The monoisotopic (exact) mass is 441 g/mol. The highest BCUT2D eigenvalue weighted by molar-refractivity contribution is 7.90. The van der Waals surface area contributed by atoms with Crippen LogP contribution in [0.2, 0.25) is 0 Å². The summed E-state index contributed by atoms with van der Waals surface area (Å²) in [6.07, 6.45) is -0.268. The van der Waals surface area contributed by atoms with Crippen molar-refractivity contribution < 1.29 is 27.1 Å². The van der Waals surface area contributed by atoms with E-state index in [9.17, 15) is 22.4 Å². The number of benzene rings is 3. The largest absolute Gasteiger partial charge is 0.444 e. The summed E-state index contributed by atoms with van der Waals surface area (Å²) in [7, 11) is -3.53. The molecule has 3 aromatic rings. The second-order valence-electron chi connectivity index (χ2n) is 6.94. The van der Waals surface area contributed by atoms with Crippen molar-refractivity contribution >= 4 is 27.4 Å². The maximum Gasteiger partial charge on any atom is 0.339 e. The highest BCUT2D eigenvalue weighted by Crippen LogP contribution is 2.24. The zero-order chi connectivity index (χ0) is 22.6. The first kappa shape index (κ1) is 22.2. The molecule has 0 radical (unpaired) electrons. The number of carbonyl (C=O) groups is 2. The van der Waals surface area contributed by atoms with Gasteiger partial charge in [-0.1, -0.05) is 36.4 Å². The number of nitrogens with one attached hydrogen (secondary N) is 1. The van der Waals surface area contributed by atoms with Crippen molar-refractivity contribution in [3.05, 3.63) is 95.3 Å². The maximum absolute atomic E-state index is 13.1. The summed E-state index contributed by atoms with van der Waals surface area (Å²) in [4.78, 5) is 25.8. The van der Waals surface area contributed by atoms with Crippen LogP contribution in [0.5, 0.6) is 0 Å². The van der Waals surface area contributed by atoms with Crippen molar-refractivity contribution in [2.45, 2.75) is 17.9 Å². The Bertz CT molecular complexity index is 1210. The molecule has 0 saturated heterocycles. The molecule has 0 bridgehead atoms. The third-order valence-electron chi connectivity index (χ3n) is 4.53. The molecule has 6 nitrogen and oxygen atoms in total. The molecular formula is C23H20FNO5S. The molecule has 1 N–H and O–H groups in total. The molecule has 0 heterocycles. The van der Waals surface area contributed by atoms with Crippen LogP contribution in [0, 0.1) is 12.7 Å². The number of aryl methyl sites for hydroxylation is 1. The lowest BCUT2D eigenvalue weighted by Crippen LogP contribution is -2.26. The lowest BCUT2D eigenvalue weighted by Gasteiger charge is -2.19. The Morgan fingerprint density at radius 2 is 1.61 bits per heavy atom. The van der Waals surface area contributed by atoms with E-state index in [0.29, 0.717) is 16.8 Å². The van der Waals surface area contributed by atoms with Crippen LogP contribution in [-0.4, -0.2) is 26.6 Å². The van der Waals surface area contributed by atoms with Crippen molar-refractivity contribution in [1.82, 2.24) is 0 Å². The van der Waals surface area contributed by atoms with Crippen LogP contribution in [0.4, 0.5) is 10.1 Å². The minimum atomic E-state index is -3.53. The van der Waals surface area contributed by atoms with Crippen molar-refractivity contribution in [2.24, 2.45) is 0 Å². The van der Waals surface area contributed by atoms with Gasteiger partial charge in [0, 0.05) is 17.5 Å². The zero-order valence-corrected chi connectivity index (χ0v) is 17.6. The Morgan fingerprint density at radius 3 is 2.23 bits per heavy atom. The van der Waals surface area contributed by atoms with Gasteiger partial charge in [-0.05, 0) is 48.9 Å². The van der Waals surface area contributed by atoms with E-state index < -0.39 is 33.6 Å². The Labute approximate surface area is 179 Å². The molecule has 31 heavy (non-hydrogen) atoms. The van der Waals surface area contributed by atoms with E-state index >= 15 is 0 Å². The lowest BCUT2D eigenvalue weighted by molar-refractivity contribution is -0.125. The van der Waals surface area contributed by atoms with E-state index in [1.165, 1.54) is 42.5 Å². The molecular weight excluding hydrogens is 421 g/mol. The minimum absolute atomic E-state index is 0.0305. The van der Waals surface area contributed by atoms with Crippen molar-refractivity contribution in [2.75, 3.05) is 11.6 Å². The summed E-state index contributed by atoms with van der Waals surface area (Å²) in [6.45, 7) is 1.64. The van der Waals surface area contributed by atoms with Crippen LogP contribution in [0.25, 0.3) is 0 Å². The third kappa shape index (κ3) is 5.55. The first-order valence-electron chi connectivity index (χ1n) is 9.28. The topological polar surface area (TPSA) is 89.5 Å².